The van der Waals surface area contributed by atoms with Crippen LogP contribution in [-0.2, 0) is 4.08 Å². The van der Waals surface area contributed by atoms with E-state index in [-0.39, 0.29) is 4.08 Å². The summed E-state index contributed by atoms with van der Waals surface area (Å²) < 4.78 is -0.187. The van der Waals surface area contributed by atoms with Crippen molar-refractivity contribution in [2.24, 2.45) is 0 Å². The molecule has 0 aliphatic heterocycles. The first kappa shape index (κ1) is 37.7. The molecule has 0 saturated carbocycles. The molecule has 0 amide bonds. The van der Waals surface area contributed by atoms with Crippen LogP contribution in [0.2, 0.25) is 0 Å². The monoisotopic (exact) mass is 770 g/mol. The Hall–Kier alpha value is -5.16. The highest BCUT2D eigenvalue weighted by molar-refractivity contribution is 8.48. The van der Waals surface area contributed by atoms with Crippen molar-refractivity contribution in [3.05, 3.63) is 187 Å². The Labute approximate surface area is 337 Å². The highest BCUT2D eigenvalue weighted by atomic mass is 32.3. The van der Waals surface area contributed by atoms with E-state index in [0.717, 1.165) is 12.8 Å². The van der Waals surface area contributed by atoms with Crippen LogP contribution in [0.15, 0.2) is 176 Å². The average molecular weight is 771 g/mol. The molecule has 0 N–H and O–H groups in total. The Morgan fingerprint density at radius 1 is 0.607 bits per heavy atom. The summed E-state index contributed by atoms with van der Waals surface area (Å²) in [5.41, 5.74) is 13.2. The van der Waals surface area contributed by atoms with Crippen molar-refractivity contribution < 1.29 is 0 Å². The molecule has 6 aromatic carbocycles. The Kier molecular flexibility index (Phi) is 9.93. The minimum Gasteiger partial charge on any atom is -0.351 e. The van der Waals surface area contributed by atoms with E-state index in [1.807, 2.05) is 18.2 Å². The van der Waals surface area contributed by atoms with Gasteiger partial charge < -0.3 is 9.80 Å². The maximum atomic E-state index is 3.86. The summed E-state index contributed by atoms with van der Waals surface area (Å²) in [5.74, 6) is 0. The first-order chi connectivity index (χ1) is 27.0. The van der Waals surface area contributed by atoms with Crippen LogP contribution in [0.4, 0.5) is 17.1 Å². The molecule has 0 fully saturated rings. The molecule has 4 heteroatoms. The molecule has 0 saturated heterocycles. The van der Waals surface area contributed by atoms with Gasteiger partial charge in [-0.2, -0.15) is 0 Å². The van der Waals surface area contributed by atoms with Gasteiger partial charge in [0.25, 0.3) is 0 Å². The quantitative estimate of drug-likeness (QED) is 0.128. The van der Waals surface area contributed by atoms with Crippen LogP contribution >= 0.6 is 20.1 Å². The highest BCUT2D eigenvalue weighted by Crippen LogP contribution is 2.81. The van der Waals surface area contributed by atoms with Crippen LogP contribution in [0.25, 0.3) is 43.8 Å². The van der Waals surface area contributed by atoms with Crippen molar-refractivity contribution in [2.75, 3.05) is 54.4 Å². The number of anilines is 3. The lowest BCUT2D eigenvalue weighted by atomic mass is 9.92. The highest BCUT2D eigenvalue weighted by Gasteiger charge is 2.56. The Morgan fingerprint density at radius 2 is 1.18 bits per heavy atom. The summed E-state index contributed by atoms with van der Waals surface area (Å²) in [4.78, 5) is 4.88. The van der Waals surface area contributed by atoms with E-state index in [9.17, 15) is 0 Å². The van der Waals surface area contributed by atoms with Crippen molar-refractivity contribution in [1.29, 1.82) is 0 Å². The third-order valence-corrected chi connectivity index (χ3v) is 18.8. The summed E-state index contributed by atoms with van der Waals surface area (Å²) in [5, 5.41) is 5.20. The summed E-state index contributed by atoms with van der Waals surface area (Å²) in [7, 11) is -0.401. The van der Waals surface area contributed by atoms with Crippen molar-refractivity contribution in [2.45, 2.75) is 16.9 Å². The molecule has 0 bridgehead atoms. The zero-order valence-electron chi connectivity index (χ0n) is 33.9. The van der Waals surface area contributed by atoms with Gasteiger partial charge in [0.05, 0.1) is 9.77 Å². The van der Waals surface area contributed by atoms with E-state index in [0.29, 0.717) is 0 Å². The van der Waals surface area contributed by atoms with Gasteiger partial charge in [0.1, 0.15) is 0 Å². The maximum Gasteiger partial charge on any atom is 0.0813 e. The molecule has 56 heavy (non-hydrogen) atoms. The van der Waals surface area contributed by atoms with Crippen molar-refractivity contribution in [1.82, 2.24) is 0 Å². The molecule has 6 aromatic rings. The number of allylic oxidation sites excluding steroid dienone is 8. The number of hydrogen-bond donors (Lipinski definition) is 0. The van der Waals surface area contributed by atoms with Crippen LogP contribution in [-0.4, -0.2) is 44.6 Å². The summed E-state index contributed by atoms with van der Waals surface area (Å²) in [6, 6.07) is 43.5. The van der Waals surface area contributed by atoms with Gasteiger partial charge in [-0.05, 0) is 131 Å². The van der Waals surface area contributed by atoms with Crippen molar-refractivity contribution in [3.8, 4) is 22.3 Å². The lowest BCUT2D eigenvalue weighted by Gasteiger charge is -2.59. The Balaban J connectivity index is 1.49. The van der Waals surface area contributed by atoms with E-state index in [1.165, 1.54) is 77.7 Å². The smallest absolute Gasteiger partial charge is 0.0813 e. The van der Waals surface area contributed by atoms with Gasteiger partial charge in [-0.15, -0.1) is 0 Å². The normalized spacial score (nSPS) is 15.6. The predicted molar refractivity (Wildman–Crippen MR) is 256 cm³/mol. The number of fused-ring (bicyclic) bond motifs is 7. The van der Waals surface area contributed by atoms with Crippen LogP contribution < -0.4 is 9.80 Å². The zero-order valence-corrected chi connectivity index (χ0v) is 35.6. The van der Waals surface area contributed by atoms with E-state index in [1.54, 1.807) is 0 Å². The molecule has 0 radical (unpaired) electrons. The first-order valence-corrected chi connectivity index (χ1v) is 25.2. The molecule has 0 heterocycles. The van der Waals surface area contributed by atoms with Crippen LogP contribution in [0.1, 0.15) is 24.0 Å². The second-order valence-electron chi connectivity index (χ2n) is 16.5. The van der Waals surface area contributed by atoms with Crippen LogP contribution in [0.5, 0.6) is 0 Å². The predicted octanol–water partition coefficient (Wildman–Crippen LogP) is 14.3. The van der Waals surface area contributed by atoms with Crippen LogP contribution in [0.3, 0.4) is 0 Å². The maximum absolute atomic E-state index is 3.86. The molecular formula is C52H54N2S2. The second-order valence-corrected chi connectivity index (χ2v) is 25.3. The van der Waals surface area contributed by atoms with Crippen LogP contribution in [0, 0.1) is 0 Å². The van der Waals surface area contributed by atoms with Crippen molar-refractivity contribution in [3.63, 3.8) is 0 Å². The Bertz CT molecular complexity index is 2580. The standard InChI is InChI=1S/C52H54N2S2/c1-9-10-11-22-34-53(2)48-36-46-50(44-32-20-18-30-42(44)48)51-45-33-21-19-31-43(45)49(37-47(51)52(46,55(3,4)5)56(6,7)8)54(40-27-16-13-17-28-40)41-29-23-26-39(35-41)38-24-14-12-15-25-38/h9-16,18-27,29-37H,1,17,28H2,2-8H3/b11-10-,34-22-. The summed E-state index contributed by atoms with van der Waals surface area (Å²) in [6.45, 7) is 3.86. The Morgan fingerprint density at radius 3 is 1.77 bits per heavy atom. The topological polar surface area (TPSA) is 6.48 Å². The fourth-order valence-corrected chi connectivity index (χ4v) is 18.8. The van der Waals surface area contributed by atoms with Gasteiger partial charge in [0.2, 0.25) is 0 Å². The molecule has 2 aliphatic carbocycles. The molecular weight excluding hydrogens is 717 g/mol. The van der Waals surface area contributed by atoms with E-state index in [2.05, 4.69) is 207 Å². The number of benzene rings is 6. The number of hydrogen-bond acceptors (Lipinski definition) is 2. The average Bonchev–Trinajstić information content (AvgIpc) is 3.52. The third-order valence-electron chi connectivity index (χ3n) is 11.5. The van der Waals surface area contributed by atoms with Gasteiger partial charge >= 0.3 is 0 Å². The molecule has 0 spiro atoms. The van der Waals surface area contributed by atoms with Crippen molar-refractivity contribution >= 4 is 58.7 Å². The molecule has 0 unspecified atom stereocenters. The van der Waals surface area contributed by atoms with Gasteiger partial charge in [0, 0.05) is 41.1 Å². The fraction of sp³-hybridized carbons (Fsp3) is 0.192. The SMILES string of the molecule is C=C/C=C\C=C/N(C)c1cc2c(c3ccccc13)-c1c(cc(N(C3=CC=CCC3)c3cccc(-c4ccccc4)c3)c3ccccc13)C2(S(C)(C)C)S(C)(C)C. The fourth-order valence-electron chi connectivity index (χ4n) is 9.55. The van der Waals surface area contributed by atoms with E-state index >= 15 is 0 Å². The largest absolute Gasteiger partial charge is 0.351 e. The van der Waals surface area contributed by atoms with E-state index < -0.39 is 20.1 Å². The number of nitrogens with zero attached hydrogens (tertiary/aromatic N) is 2. The lowest BCUT2D eigenvalue weighted by molar-refractivity contribution is 0.918. The first-order valence-electron chi connectivity index (χ1n) is 19.5. The summed E-state index contributed by atoms with van der Waals surface area (Å²) in [6.07, 6.45) is 34.4. The molecule has 2 aliphatic rings. The molecule has 0 aromatic heterocycles. The molecule has 284 valence electrons. The minimum absolute atomic E-state index is 0.187. The summed E-state index contributed by atoms with van der Waals surface area (Å²) >= 11 is 0. The van der Waals surface area contributed by atoms with Gasteiger partial charge in [0.15, 0.2) is 0 Å². The zero-order chi connectivity index (χ0) is 39.2. The second kappa shape index (κ2) is 14.7. The van der Waals surface area contributed by atoms with E-state index in [4.69, 9.17) is 0 Å². The molecule has 8 rings (SSSR count). The molecule has 0 atom stereocenters. The number of rotatable bonds is 10. The third kappa shape index (κ3) is 6.15. The van der Waals surface area contributed by atoms with Gasteiger partial charge in [-0.3, -0.25) is 0 Å². The lowest BCUT2D eigenvalue weighted by Crippen LogP contribution is -2.36. The van der Waals surface area contributed by atoms with Gasteiger partial charge in [-0.1, -0.05) is 128 Å². The molecule has 2 nitrogen and oxygen atoms in total. The minimum atomic E-state index is -1.29. The van der Waals surface area contributed by atoms with Gasteiger partial charge in [-0.25, -0.2) is 20.1 Å².